The van der Waals surface area contributed by atoms with Crippen LogP contribution in [0.25, 0.3) is 0 Å². The second-order valence-electron chi connectivity index (χ2n) is 4.56. The number of anilines is 1. The number of halogens is 2. The third-order valence-electron chi connectivity index (χ3n) is 2.75. The number of nitrogens with two attached hydrogens (primary N) is 1. The number of benzene rings is 2. The van der Waals surface area contributed by atoms with E-state index in [1.165, 1.54) is 17.8 Å². The van der Waals surface area contributed by atoms with E-state index in [0.717, 1.165) is 22.8 Å². The van der Waals surface area contributed by atoms with Crippen molar-refractivity contribution in [2.45, 2.75) is 24.5 Å². The van der Waals surface area contributed by atoms with Crippen molar-refractivity contribution in [3.8, 4) is 0 Å². The molecule has 2 aromatic carbocycles. The minimum atomic E-state index is -0.866. The van der Waals surface area contributed by atoms with E-state index in [2.05, 4.69) is 6.07 Å². The molecule has 0 aliphatic rings. The van der Waals surface area contributed by atoms with Gasteiger partial charge in [0.05, 0.1) is 4.90 Å². The van der Waals surface area contributed by atoms with Crippen molar-refractivity contribution in [1.29, 1.82) is 0 Å². The number of hydrogen-bond acceptors (Lipinski definition) is 2. The van der Waals surface area contributed by atoms with Crippen LogP contribution in [0.1, 0.15) is 16.7 Å². The van der Waals surface area contributed by atoms with Gasteiger partial charge in [0.15, 0.2) is 11.6 Å². The maximum atomic E-state index is 13.6. The first-order valence-electron chi connectivity index (χ1n) is 5.91. The van der Waals surface area contributed by atoms with Crippen molar-refractivity contribution in [3.05, 3.63) is 58.7 Å². The minimum Gasteiger partial charge on any atom is -0.398 e. The van der Waals surface area contributed by atoms with Gasteiger partial charge in [-0.1, -0.05) is 29.3 Å². The summed E-state index contributed by atoms with van der Waals surface area (Å²) in [6.07, 6.45) is 0. The summed E-state index contributed by atoms with van der Waals surface area (Å²) in [5.41, 5.74) is 9.34. The first-order valence-corrected chi connectivity index (χ1v) is 6.89. The summed E-state index contributed by atoms with van der Waals surface area (Å²) in [5, 5.41) is 0. The van der Waals surface area contributed by atoms with Crippen molar-refractivity contribution in [2.24, 2.45) is 0 Å². The molecule has 0 saturated carbocycles. The molecule has 0 heterocycles. The number of aryl methyl sites for hydroxylation is 2. The average Bonchev–Trinajstić information content (AvgIpc) is 2.33. The summed E-state index contributed by atoms with van der Waals surface area (Å²) in [4.78, 5) is 0.180. The monoisotopic (exact) mass is 279 g/mol. The zero-order chi connectivity index (χ0) is 14.0. The largest absolute Gasteiger partial charge is 0.398 e. The van der Waals surface area contributed by atoms with E-state index >= 15 is 0 Å². The zero-order valence-electron chi connectivity index (χ0n) is 10.8. The standard InChI is InChI=1S/C15H15F2NS/c1-9-5-10(2)7-11(6-9)8-19-15-13(18)4-3-12(16)14(15)17/h3-7H,8,18H2,1-2H3. The van der Waals surface area contributed by atoms with Crippen LogP contribution in [0.3, 0.4) is 0 Å². The summed E-state index contributed by atoms with van der Waals surface area (Å²) in [6.45, 7) is 4.02. The highest BCUT2D eigenvalue weighted by Gasteiger charge is 2.12. The highest BCUT2D eigenvalue weighted by atomic mass is 32.2. The van der Waals surface area contributed by atoms with Crippen LogP contribution in [-0.2, 0) is 5.75 Å². The fourth-order valence-electron chi connectivity index (χ4n) is 2.00. The van der Waals surface area contributed by atoms with Gasteiger partial charge in [0.1, 0.15) is 0 Å². The number of thioether (sulfide) groups is 1. The van der Waals surface area contributed by atoms with Crippen molar-refractivity contribution in [2.75, 3.05) is 5.73 Å². The first-order chi connectivity index (χ1) is 8.97. The van der Waals surface area contributed by atoms with Gasteiger partial charge in [0.2, 0.25) is 0 Å². The average molecular weight is 279 g/mol. The van der Waals surface area contributed by atoms with Gasteiger partial charge < -0.3 is 5.73 Å². The van der Waals surface area contributed by atoms with E-state index < -0.39 is 11.6 Å². The molecular formula is C15H15F2NS. The minimum absolute atomic E-state index is 0.180. The molecular weight excluding hydrogens is 264 g/mol. The van der Waals surface area contributed by atoms with Crippen LogP contribution in [0.15, 0.2) is 35.2 Å². The fraction of sp³-hybridized carbons (Fsp3) is 0.200. The Balaban J connectivity index is 2.21. The lowest BCUT2D eigenvalue weighted by Gasteiger charge is -2.08. The van der Waals surface area contributed by atoms with Crippen LogP contribution in [-0.4, -0.2) is 0 Å². The van der Waals surface area contributed by atoms with Gasteiger partial charge in [-0.15, -0.1) is 11.8 Å². The summed E-state index contributed by atoms with van der Waals surface area (Å²) < 4.78 is 26.8. The SMILES string of the molecule is Cc1cc(C)cc(CSc2c(N)ccc(F)c2F)c1. The Morgan fingerprint density at radius 3 is 2.32 bits per heavy atom. The lowest BCUT2D eigenvalue weighted by Crippen LogP contribution is -1.96. The van der Waals surface area contributed by atoms with Crippen LogP contribution >= 0.6 is 11.8 Å². The second-order valence-corrected chi connectivity index (χ2v) is 5.55. The molecule has 19 heavy (non-hydrogen) atoms. The van der Waals surface area contributed by atoms with E-state index in [1.54, 1.807) is 0 Å². The van der Waals surface area contributed by atoms with Gasteiger partial charge in [-0.25, -0.2) is 8.78 Å². The Morgan fingerprint density at radius 2 is 1.68 bits per heavy atom. The van der Waals surface area contributed by atoms with Crippen molar-refractivity contribution >= 4 is 17.4 Å². The Labute approximate surface area is 115 Å². The Kier molecular flexibility index (Phi) is 4.10. The van der Waals surface area contributed by atoms with Gasteiger partial charge >= 0.3 is 0 Å². The van der Waals surface area contributed by atoms with Crippen LogP contribution in [0.4, 0.5) is 14.5 Å². The molecule has 0 aliphatic carbocycles. The lowest BCUT2D eigenvalue weighted by atomic mass is 10.1. The third kappa shape index (κ3) is 3.26. The van der Waals surface area contributed by atoms with E-state index in [-0.39, 0.29) is 10.6 Å². The van der Waals surface area contributed by atoms with Gasteiger partial charge in [-0.05, 0) is 31.5 Å². The molecule has 2 aromatic rings. The summed E-state index contributed by atoms with van der Waals surface area (Å²) in [7, 11) is 0. The highest BCUT2D eigenvalue weighted by Crippen LogP contribution is 2.32. The lowest BCUT2D eigenvalue weighted by molar-refractivity contribution is 0.492. The van der Waals surface area contributed by atoms with Crippen LogP contribution < -0.4 is 5.73 Å². The predicted molar refractivity (Wildman–Crippen MR) is 76.2 cm³/mol. The summed E-state index contributed by atoms with van der Waals surface area (Å²) >= 11 is 1.22. The second kappa shape index (κ2) is 5.61. The van der Waals surface area contributed by atoms with Crippen LogP contribution in [0, 0.1) is 25.5 Å². The molecule has 0 bridgehead atoms. The van der Waals surface area contributed by atoms with E-state index in [4.69, 9.17) is 5.73 Å². The molecule has 0 aromatic heterocycles. The quantitative estimate of drug-likeness (QED) is 0.663. The summed E-state index contributed by atoms with van der Waals surface area (Å²) in [6, 6.07) is 8.58. The molecule has 0 fully saturated rings. The smallest absolute Gasteiger partial charge is 0.174 e. The molecule has 1 nitrogen and oxygen atoms in total. The van der Waals surface area contributed by atoms with Gasteiger partial charge in [0, 0.05) is 11.4 Å². The maximum absolute atomic E-state index is 13.6. The summed E-state index contributed by atoms with van der Waals surface area (Å²) in [5.74, 6) is -1.17. The molecule has 2 rings (SSSR count). The van der Waals surface area contributed by atoms with Crippen LogP contribution in [0.5, 0.6) is 0 Å². The van der Waals surface area contributed by atoms with E-state index in [9.17, 15) is 8.78 Å². The van der Waals surface area contributed by atoms with Crippen LogP contribution in [0.2, 0.25) is 0 Å². The molecule has 0 spiro atoms. The molecule has 2 N–H and O–H groups in total. The number of nitrogen functional groups attached to an aromatic ring is 1. The normalized spacial score (nSPS) is 10.7. The predicted octanol–water partition coefficient (Wildman–Crippen LogP) is 4.46. The van der Waals surface area contributed by atoms with E-state index in [0.29, 0.717) is 5.75 Å². The Hall–Kier alpha value is -1.55. The molecule has 100 valence electrons. The van der Waals surface area contributed by atoms with Crippen molar-refractivity contribution in [3.63, 3.8) is 0 Å². The van der Waals surface area contributed by atoms with Gasteiger partial charge in [-0.2, -0.15) is 0 Å². The molecule has 0 atom stereocenters. The molecule has 0 amide bonds. The maximum Gasteiger partial charge on any atom is 0.174 e. The Morgan fingerprint density at radius 1 is 1.05 bits per heavy atom. The first kappa shape index (κ1) is 13.9. The van der Waals surface area contributed by atoms with Gasteiger partial charge in [0.25, 0.3) is 0 Å². The Bertz CT molecular complexity index is 591. The van der Waals surface area contributed by atoms with E-state index in [1.807, 2.05) is 26.0 Å². The molecule has 0 radical (unpaired) electrons. The van der Waals surface area contributed by atoms with Crippen molar-refractivity contribution in [1.82, 2.24) is 0 Å². The third-order valence-corrected chi connectivity index (χ3v) is 3.93. The van der Waals surface area contributed by atoms with Crippen molar-refractivity contribution < 1.29 is 8.78 Å². The molecule has 0 saturated heterocycles. The molecule has 0 unspecified atom stereocenters. The van der Waals surface area contributed by atoms with Gasteiger partial charge in [-0.3, -0.25) is 0 Å². The fourth-order valence-corrected chi connectivity index (χ4v) is 2.94. The highest BCUT2D eigenvalue weighted by molar-refractivity contribution is 7.98. The molecule has 0 aliphatic heterocycles. The molecule has 4 heteroatoms. The zero-order valence-corrected chi connectivity index (χ0v) is 11.7. The number of rotatable bonds is 3. The number of hydrogen-bond donors (Lipinski definition) is 1. The topological polar surface area (TPSA) is 26.0 Å².